The highest BCUT2D eigenvalue weighted by Crippen LogP contribution is 2.49. The molecular weight excluding hydrogens is 1380 g/mol. The summed E-state index contributed by atoms with van der Waals surface area (Å²) in [5.74, 6) is -3.49. The van der Waals surface area contributed by atoms with E-state index in [-0.39, 0.29) is 89.2 Å². The van der Waals surface area contributed by atoms with Crippen molar-refractivity contribution in [3.8, 4) is 0 Å². The molecule has 3 N–H and O–H groups in total. The first-order valence-electron chi connectivity index (χ1n) is 32.3. The van der Waals surface area contributed by atoms with Gasteiger partial charge in [-0.15, -0.1) is 0 Å². The normalized spacial score (nSPS) is 19.3. The van der Waals surface area contributed by atoms with Gasteiger partial charge in [0.15, 0.2) is 0 Å². The van der Waals surface area contributed by atoms with Crippen molar-refractivity contribution in [3.05, 3.63) is 260 Å². The van der Waals surface area contributed by atoms with Crippen LogP contribution >= 0.6 is 54.0 Å². The van der Waals surface area contributed by atoms with Crippen molar-refractivity contribution in [1.29, 1.82) is 0 Å². The zero-order chi connectivity index (χ0) is 70.2. The summed E-state index contributed by atoms with van der Waals surface area (Å²) < 4.78 is 71.6. The van der Waals surface area contributed by atoms with Crippen LogP contribution in [0.2, 0.25) is 0 Å². The molecule has 0 fully saturated rings. The van der Waals surface area contributed by atoms with Gasteiger partial charge in [0.05, 0.1) is 54.8 Å². The van der Waals surface area contributed by atoms with Crippen LogP contribution in [0.4, 0.5) is 17.6 Å². The molecule has 10 aromatic rings. The lowest BCUT2D eigenvalue weighted by atomic mass is 9.77. The first kappa shape index (κ1) is 80.2. The number of esters is 2. The molecule has 4 aliphatic carbocycles. The number of carboxylic acid groups (broad SMARTS) is 1. The van der Waals surface area contributed by atoms with E-state index in [2.05, 4.69) is 21.4 Å². The van der Waals surface area contributed by atoms with Gasteiger partial charge in [0.2, 0.25) is 0 Å². The highest BCUT2D eigenvalue weighted by Gasteiger charge is 2.47. The SMILES string of the molecule is COC(=O)[C@]1(c2cccc(F)c2C)C=C(C)CC1.COC(=O)[C@]1(c2cccc(F)c2C)C=C(c2ccc3cnn(C)c3c2)CC1.Cc1c(F)cccc1[C@@]1(C(=O)NO)C=C(c2ccc3cnn(C)c3c2)CC1.Cc1c(F)cccc1[C@@]1(C(=O)O)C=C(c2ccc3cnn(C)c3c2)CC1.S.S.S.S. The number of aromatic nitrogens is 6. The number of fused-ring (bicyclic) bond motifs is 3. The number of nitrogens with zero attached hydrogens (tertiary/aromatic N) is 6. The number of aliphatic carboxylic acids is 1. The van der Waals surface area contributed by atoms with Crippen molar-refractivity contribution in [3.63, 3.8) is 0 Å². The van der Waals surface area contributed by atoms with Gasteiger partial charge in [-0.3, -0.25) is 38.4 Å². The van der Waals surface area contributed by atoms with Gasteiger partial charge >= 0.3 is 17.9 Å². The predicted octanol–water partition coefficient (Wildman–Crippen LogP) is 15.9. The number of carboxylic acids is 1. The van der Waals surface area contributed by atoms with Gasteiger partial charge in [-0.05, 0) is 206 Å². The minimum atomic E-state index is -1.19. The third-order valence-electron chi connectivity index (χ3n) is 20.4. The summed E-state index contributed by atoms with van der Waals surface area (Å²) in [6.45, 7) is 8.70. The maximum Gasteiger partial charge on any atom is 0.320 e. The van der Waals surface area contributed by atoms with Crippen LogP contribution in [0.5, 0.6) is 0 Å². The first-order valence-corrected chi connectivity index (χ1v) is 32.3. The molecular formula is C79H85F4N7O8S4. The lowest BCUT2D eigenvalue weighted by Crippen LogP contribution is -2.41. The quantitative estimate of drug-likeness (QED) is 0.0367. The Hall–Kier alpha value is -9.13. The highest BCUT2D eigenvalue weighted by atomic mass is 32.1. The number of amides is 1. The number of allylic oxidation sites excluding steroid dienone is 4. The highest BCUT2D eigenvalue weighted by molar-refractivity contribution is 7.59. The molecule has 3 heterocycles. The Bertz CT molecular complexity index is 4810. The Morgan fingerprint density at radius 3 is 1.05 bits per heavy atom. The zero-order valence-electron chi connectivity index (χ0n) is 58.4. The van der Waals surface area contributed by atoms with Gasteiger partial charge in [-0.1, -0.05) is 115 Å². The van der Waals surface area contributed by atoms with Crippen LogP contribution in [-0.2, 0) is 71.5 Å². The molecule has 15 nitrogen and oxygen atoms in total. The third kappa shape index (κ3) is 14.8. The van der Waals surface area contributed by atoms with E-state index in [0.717, 1.165) is 78.1 Å². The molecule has 4 atom stereocenters. The van der Waals surface area contributed by atoms with Crippen molar-refractivity contribution < 1.29 is 56.5 Å². The largest absolute Gasteiger partial charge is 0.480 e. The maximum atomic E-state index is 14.2. The minimum Gasteiger partial charge on any atom is -0.480 e. The topological polar surface area (TPSA) is 193 Å². The van der Waals surface area contributed by atoms with E-state index in [1.807, 2.05) is 124 Å². The van der Waals surface area contributed by atoms with E-state index in [9.17, 15) is 47.1 Å². The van der Waals surface area contributed by atoms with Gasteiger partial charge in [0, 0.05) is 37.3 Å². The zero-order valence-corrected chi connectivity index (χ0v) is 62.4. The molecule has 0 spiro atoms. The minimum absolute atomic E-state index is 0. The van der Waals surface area contributed by atoms with Gasteiger partial charge < -0.3 is 14.6 Å². The monoisotopic (exact) mass is 1460 g/mol. The van der Waals surface area contributed by atoms with Gasteiger partial charge in [0.25, 0.3) is 5.91 Å². The molecule has 23 heteroatoms. The van der Waals surface area contributed by atoms with Crippen LogP contribution in [0.25, 0.3) is 49.4 Å². The number of aryl methyl sites for hydroxylation is 3. The molecule has 0 radical (unpaired) electrons. The van der Waals surface area contributed by atoms with Crippen LogP contribution in [0.3, 0.4) is 0 Å². The van der Waals surface area contributed by atoms with Gasteiger partial charge in [-0.25, -0.2) is 23.0 Å². The molecule has 3 aromatic heterocycles. The molecule has 536 valence electrons. The molecule has 7 aromatic carbocycles. The number of hydrogen-bond acceptors (Lipinski definition) is 10. The van der Waals surface area contributed by atoms with E-state index in [1.165, 1.54) is 38.5 Å². The Morgan fingerprint density at radius 2 is 0.725 bits per heavy atom. The van der Waals surface area contributed by atoms with E-state index in [1.54, 1.807) is 91.2 Å². The van der Waals surface area contributed by atoms with Gasteiger partial charge in [-0.2, -0.15) is 69.3 Å². The molecule has 1 amide bonds. The number of ether oxygens (including phenoxy) is 2. The fourth-order valence-electron chi connectivity index (χ4n) is 14.8. The Balaban J connectivity index is 0.000000190. The summed E-state index contributed by atoms with van der Waals surface area (Å²) >= 11 is 0. The van der Waals surface area contributed by atoms with Crippen LogP contribution in [-0.4, -0.2) is 77.7 Å². The van der Waals surface area contributed by atoms with Crippen LogP contribution in [0.15, 0.2) is 176 Å². The molecule has 14 rings (SSSR count). The number of hydrogen-bond donors (Lipinski definition) is 3. The molecule has 0 saturated heterocycles. The summed E-state index contributed by atoms with van der Waals surface area (Å²) in [6, 6.07) is 37.3. The summed E-state index contributed by atoms with van der Waals surface area (Å²) in [5, 5.41) is 35.3. The Labute approximate surface area is 618 Å². The molecule has 0 aliphatic heterocycles. The number of halogens is 4. The number of hydroxylamine groups is 1. The van der Waals surface area contributed by atoms with Crippen molar-refractivity contribution in [2.24, 2.45) is 21.1 Å². The van der Waals surface area contributed by atoms with Crippen LogP contribution in [0.1, 0.15) is 119 Å². The average Bonchev–Trinajstić information content (AvgIpc) is 1.59. The fraction of sp³-hybridized carbons (Fsp3) is 0.278. The number of carbonyl (C=O) groups excluding carboxylic acids is 3. The first-order chi connectivity index (χ1) is 46.8. The van der Waals surface area contributed by atoms with Crippen LogP contribution in [0, 0.1) is 51.0 Å². The van der Waals surface area contributed by atoms with E-state index < -0.39 is 33.5 Å². The number of carbonyl (C=O) groups is 4. The lowest BCUT2D eigenvalue weighted by Gasteiger charge is -2.27. The smallest absolute Gasteiger partial charge is 0.320 e. The van der Waals surface area contributed by atoms with Crippen LogP contribution < -0.4 is 5.48 Å². The van der Waals surface area contributed by atoms with Crippen molar-refractivity contribution >= 4 is 127 Å². The third-order valence-corrected chi connectivity index (χ3v) is 20.4. The molecule has 0 unspecified atom stereocenters. The maximum absolute atomic E-state index is 14.2. The van der Waals surface area contributed by atoms with E-state index >= 15 is 0 Å². The predicted molar refractivity (Wildman–Crippen MR) is 411 cm³/mol. The summed E-state index contributed by atoms with van der Waals surface area (Å²) in [4.78, 5) is 49.8. The molecule has 0 bridgehead atoms. The second-order valence-corrected chi connectivity index (χ2v) is 25.9. The summed E-state index contributed by atoms with van der Waals surface area (Å²) in [6.07, 6.45) is 17.9. The Morgan fingerprint density at radius 1 is 0.431 bits per heavy atom. The Kier molecular flexibility index (Phi) is 25.5. The summed E-state index contributed by atoms with van der Waals surface area (Å²) in [7, 11) is 8.43. The molecule has 4 aliphatic rings. The standard InChI is InChI=1S/C22H21FN2O2.C21H20FN3O2.C21H19FN2O2.C15H17FO2.4H2S/c1-14-18(5-4-6-19(14)23)22(21(26)27-3)10-9-16(12-22)15-7-8-17-13-24-25(2)20(17)11-15;1-13-17(4-3-5-18(13)22)21(20(26)24-27)9-8-15(11-21)14-6-7-16-12-23-25(2)19(16)10-14;1-13-17(4-3-5-18(13)22)21(20(25)26)9-8-15(11-21)14-6-7-16-12-23-24(2)19(16)10-14;1-10-7-8-15(9-10,14(17)18-3)12-5-4-6-13(16)11(12)2;;;;/h4-8,11-13H,9-10H2,1-3H3;3-7,10-12,27H,8-9H2,1-2H3,(H,24,26);3-7,10-12H,8-9H2,1-2H3,(H,25,26);4-6,9H,7-8H2,1-3H3;4*1H2/t22-;2*21-;15-;;;;/m0000..../s1. The van der Waals surface area contributed by atoms with Crippen molar-refractivity contribution in [1.82, 2.24) is 34.8 Å². The van der Waals surface area contributed by atoms with E-state index in [4.69, 9.17) is 9.47 Å². The lowest BCUT2D eigenvalue weighted by molar-refractivity contribution is -0.146. The molecule has 0 saturated carbocycles. The van der Waals surface area contributed by atoms with E-state index in [0.29, 0.717) is 89.5 Å². The van der Waals surface area contributed by atoms with Crippen molar-refractivity contribution in [2.45, 2.75) is 108 Å². The number of nitrogens with one attached hydrogen (secondary N) is 1. The fourth-order valence-corrected chi connectivity index (χ4v) is 14.8. The second-order valence-electron chi connectivity index (χ2n) is 25.9. The second kappa shape index (κ2) is 32.5. The van der Waals surface area contributed by atoms with Crippen molar-refractivity contribution in [2.75, 3.05) is 14.2 Å². The summed E-state index contributed by atoms with van der Waals surface area (Å²) in [5.41, 5.74) is 12.3. The number of benzene rings is 7. The number of rotatable bonds is 11. The number of methoxy groups -OCH3 is 2. The van der Waals surface area contributed by atoms with Gasteiger partial charge in [0.1, 0.15) is 39.5 Å². The average molecular weight is 1460 g/mol. The molecule has 102 heavy (non-hydrogen) atoms.